The van der Waals surface area contributed by atoms with E-state index in [1.807, 2.05) is 24.3 Å². The van der Waals surface area contributed by atoms with Crippen LogP contribution in [0.25, 0.3) is 109 Å². The van der Waals surface area contributed by atoms with Gasteiger partial charge in [0.15, 0.2) is 0 Å². The van der Waals surface area contributed by atoms with Gasteiger partial charge in [-0.05, 0) is 181 Å². The van der Waals surface area contributed by atoms with Crippen molar-refractivity contribution in [3.63, 3.8) is 0 Å². The van der Waals surface area contributed by atoms with Gasteiger partial charge in [0, 0.05) is 77.2 Å². The number of nitrogens with zero attached hydrogens (tertiary/aromatic N) is 2. The molecule has 342 valence electrons. The molecule has 0 fully saturated rings. The minimum Gasteiger partial charge on any atom is -0.456 e. The molecule has 6 heteroatoms. The molecule has 0 aliphatic rings. The Morgan fingerprint density at radius 1 is 0.264 bits per heavy atom. The Morgan fingerprint density at radius 3 is 1.11 bits per heavy atom. The molecule has 0 bridgehead atoms. The van der Waals surface area contributed by atoms with E-state index in [4.69, 9.17) is 17.7 Å². The Labute approximate surface area is 413 Å². The van der Waals surface area contributed by atoms with E-state index in [1.54, 1.807) is 0 Å². The second-order valence-corrected chi connectivity index (χ2v) is 19.4. The first-order chi connectivity index (χ1) is 35.3. The van der Waals surface area contributed by atoms with E-state index in [1.165, 1.54) is 11.1 Å². The second-order valence-electron chi connectivity index (χ2n) is 19.4. The van der Waals surface area contributed by atoms with Crippen LogP contribution in [0.5, 0.6) is 0 Å². The Bertz CT molecular complexity index is 4470. The van der Waals surface area contributed by atoms with E-state index >= 15 is 0 Å². The van der Waals surface area contributed by atoms with Crippen LogP contribution in [0, 0.1) is 27.7 Å². The quantitative estimate of drug-likeness (QED) is 0.166. The summed E-state index contributed by atoms with van der Waals surface area (Å²) in [6.07, 6.45) is 0. The average Bonchev–Trinajstić information content (AvgIpc) is 4.17. The molecule has 15 rings (SSSR count). The maximum Gasteiger partial charge on any atom is 0.136 e. The molecule has 72 heavy (non-hydrogen) atoms. The summed E-state index contributed by atoms with van der Waals surface area (Å²) in [4.78, 5) is 4.76. The second kappa shape index (κ2) is 15.1. The molecule has 4 aromatic heterocycles. The smallest absolute Gasteiger partial charge is 0.136 e. The fourth-order valence-electron chi connectivity index (χ4n) is 11.8. The molecule has 0 unspecified atom stereocenters. The molecule has 0 spiro atoms. The van der Waals surface area contributed by atoms with Crippen LogP contribution in [0.15, 0.2) is 212 Å². The predicted octanol–water partition coefficient (Wildman–Crippen LogP) is 19.8. The van der Waals surface area contributed by atoms with Crippen molar-refractivity contribution >= 4 is 143 Å². The Kier molecular flexibility index (Phi) is 8.53. The molecular weight excluding hydrogens is 885 g/mol. The first-order valence-electron chi connectivity index (χ1n) is 24.6. The number of aryl methyl sites for hydroxylation is 4. The molecule has 6 nitrogen and oxygen atoms in total. The highest BCUT2D eigenvalue weighted by atomic mass is 16.3. The maximum absolute atomic E-state index is 6.78. The summed E-state index contributed by atoms with van der Waals surface area (Å²) in [7, 11) is 0. The van der Waals surface area contributed by atoms with E-state index < -0.39 is 0 Å². The number of hydrogen-bond donors (Lipinski definition) is 0. The zero-order valence-corrected chi connectivity index (χ0v) is 40.0. The van der Waals surface area contributed by atoms with Crippen molar-refractivity contribution in [3.05, 3.63) is 216 Å². The lowest BCUT2D eigenvalue weighted by molar-refractivity contribution is 0.663. The van der Waals surface area contributed by atoms with Gasteiger partial charge in [-0.15, -0.1) is 0 Å². The van der Waals surface area contributed by atoms with Gasteiger partial charge in [0.1, 0.15) is 44.7 Å². The minimum absolute atomic E-state index is 0.829. The van der Waals surface area contributed by atoms with Crippen molar-refractivity contribution in [1.82, 2.24) is 0 Å². The van der Waals surface area contributed by atoms with Crippen LogP contribution in [0.4, 0.5) is 34.1 Å². The number of hydrogen-bond acceptors (Lipinski definition) is 6. The van der Waals surface area contributed by atoms with Crippen molar-refractivity contribution in [2.45, 2.75) is 27.7 Å². The molecule has 0 aliphatic heterocycles. The van der Waals surface area contributed by atoms with Gasteiger partial charge in [0.25, 0.3) is 0 Å². The molecule has 0 N–H and O–H groups in total. The van der Waals surface area contributed by atoms with Crippen LogP contribution >= 0.6 is 0 Å². The van der Waals surface area contributed by atoms with Crippen molar-refractivity contribution < 1.29 is 17.7 Å². The maximum atomic E-state index is 6.78. The molecule has 0 saturated carbocycles. The fourth-order valence-corrected chi connectivity index (χ4v) is 11.8. The topological polar surface area (TPSA) is 59.0 Å². The Hall–Kier alpha value is -9.26. The van der Waals surface area contributed by atoms with Gasteiger partial charge in [-0.25, -0.2) is 0 Å². The summed E-state index contributed by atoms with van der Waals surface area (Å²) >= 11 is 0. The largest absolute Gasteiger partial charge is 0.456 e. The van der Waals surface area contributed by atoms with Gasteiger partial charge in [0.2, 0.25) is 0 Å². The Balaban J connectivity index is 0.865. The van der Waals surface area contributed by atoms with E-state index in [0.29, 0.717) is 0 Å². The molecule has 0 amide bonds. The van der Waals surface area contributed by atoms with E-state index in [9.17, 15) is 0 Å². The van der Waals surface area contributed by atoms with Crippen LogP contribution in [0.2, 0.25) is 0 Å². The van der Waals surface area contributed by atoms with Crippen LogP contribution < -0.4 is 9.80 Å². The zero-order chi connectivity index (χ0) is 47.9. The molecular formula is C66H44N2O4. The van der Waals surface area contributed by atoms with Crippen LogP contribution in [-0.2, 0) is 0 Å². The molecule has 0 saturated heterocycles. The van der Waals surface area contributed by atoms with Crippen molar-refractivity contribution in [3.8, 4) is 0 Å². The number of benzene rings is 11. The summed E-state index contributed by atoms with van der Waals surface area (Å²) in [6, 6.07) is 69.0. The fraction of sp³-hybridized carbons (Fsp3) is 0.0606. The number of fused-ring (bicyclic) bond motifs is 15. The highest BCUT2D eigenvalue weighted by molar-refractivity contribution is 6.28. The first-order valence-corrected chi connectivity index (χ1v) is 24.6. The standard InChI is InChI=1S/C66H44N2O4/c1-37-13-5-9-17-51(37)67(53-25-27-57-63(39(53)3)47-15-7-11-19-55(47)69-57)45-23-21-41-33-49-61(35-43(41)31-45)71-59-29-30-60-66(65(49)59)50-34-42-22-24-46(32-44(42)36-62(50)72-60)68(52-18-10-6-14-38(52)2)54-26-28-58-64(40(54)4)48-16-8-12-20-56(48)70-58/h5-36H,1-4H3. The average molecular weight is 929 g/mol. The summed E-state index contributed by atoms with van der Waals surface area (Å²) < 4.78 is 26.2. The van der Waals surface area contributed by atoms with Crippen molar-refractivity contribution in [1.29, 1.82) is 0 Å². The van der Waals surface area contributed by atoms with Crippen LogP contribution in [-0.4, -0.2) is 0 Å². The summed E-state index contributed by atoms with van der Waals surface area (Å²) in [5.41, 5.74) is 18.1. The van der Waals surface area contributed by atoms with Crippen LogP contribution in [0.1, 0.15) is 22.3 Å². The van der Waals surface area contributed by atoms with Gasteiger partial charge < -0.3 is 27.5 Å². The van der Waals surface area contributed by atoms with E-state index in [2.05, 4.69) is 207 Å². The van der Waals surface area contributed by atoms with Gasteiger partial charge in [-0.2, -0.15) is 0 Å². The van der Waals surface area contributed by atoms with Crippen molar-refractivity contribution in [2.75, 3.05) is 9.80 Å². The molecule has 4 heterocycles. The lowest BCUT2D eigenvalue weighted by Crippen LogP contribution is -2.12. The summed E-state index contributed by atoms with van der Waals surface area (Å²) in [6.45, 7) is 8.76. The zero-order valence-electron chi connectivity index (χ0n) is 40.0. The number of rotatable bonds is 6. The van der Waals surface area contributed by atoms with E-state index in [-0.39, 0.29) is 0 Å². The summed E-state index contributed by atoms with van der Waals surface area (Å²) in [5, 5.41) is 13.2. The predicted molar refractivity (Wildman–Crippen MR) is 299 cm³/mol. The lowest BCUT2D eigenvalue weighted by Gasteiger charge is -2.29. The highest BCUT2D eigenvalue weighted by Gasteiger charge is 2.24. The third kappa shape index (κ3) is 5.90. The van der Waals surface area contributed by atoms with Crippen LogP contribution in [0.3, 0.4) is 0 Å². The molecule has 0 aliphatic carbocycles. The number of furan rings is 4. The monoisotopic (exact) mass is 928 g/mol. The minimum atomic E-state index is 0.829. The third-order valence-corrected chi connectivity index (χ3v) is 15.2. The SMILES string of the molecule is Cc1ccccc1N(c1ccc2cc3c(cc2c1)oc1ccc2oc4cc5cc(N(c6ccccc6C)c6ccc7oc8ccccc8c7c6C)ccc5cc4c2c13)c1ccc2oc3ccccc3c2c1C. The molecule has 11 aromatic carbocycles. The van der Waals surface area contributed by atoms with Gasteiger partial charge >= 0.3 is 0 Å². The van der Waals surface area contributed by atoms with Gasteiger partial charge in [-0.3, -0.25) is 0 Å². The Morgan fingerprint density at radius 2 is 0.653 bits per heavy atom. The molecule has 0 atom stereocenters. The van der Waals surface area contributed by atoms with Gasteiger partial charge in [0.05, 0.1) is 0 Å². The third-order valence-electron chi connectivity index (χ3n) is 15.2. The normalized spacial score (nSPS) is 12.2. The van der Waals surface area contributed by atoms with Crippen molar-refractivity contribution in [2.24, 2.45) is 0 Å². The molecule has 15 aromatic rings. The number of anilines is 6. The molecule has 0 radical (unpaired) electrons. The highest BCUT2D eigenvalue weighted by Crippen LogP contribution is 2.48. The van der Waals surface area contributed by atoms with Gasteiger partial charge in [-0.1, -0.05) is 84.9 Å². The number of para-hydroxylation sites is 4. The summed E-state index contributed by atoms with van der Waals surface area (Å²) in [5.74, 6) is 0. The lowest BCUT2D eigenvalue weighted by atomic mass is 9.99. The first kappa shape index (κ1) is 40.6. The van der Waals surface area contributed by atoms with E-state index in [0.717, 1.165) is 155 Å².